The van der Waals surface area contributed by atoms with Crippen LogP contribution in [0.2, 0.25) is 0 Å². The molecule has 0 bridgehead atoms. The lowest BCUT2D eigenvalue weighted by Crippen LogP contribution is -2.08. The lowest BCUT2D eigenvalue weighted by atomic mass is 10.1. The Hall–Kier alpha value is -1.91. The highest BCUT2D eigenvalue weighted by Gasteiger charge is 2.08. The molecule has 0 aliphatic rings. The van der Waals surface area contributed by atoms with Crippen LogP contribution in [0, 0.1) is 5.82 Å². The van der Waals surface area contributed by atoms with Crippen molar-refractivity contribution < 1.29 is 14.2 Å². The molecule has 0 amide bonds. The Labute approximate surface area is 111 Å². The van der Waals surface area contributed by atoms with Gasteiger partial charge in [0.2, 0.25) is 0 Å². The molecule has 4 heteroatoms. The molecular formula is C15H16FNO2. The van der Waals surface area contributed by atoms with Crippen molar-refractivity contribution in [3.05, 3.63) is 65.5 Å². The van der Waals surface area contributed by atoms with Crippen LogP contribution < -0.4 is 5.73 Å². The molecule has 1 atom stereocenters. The van der Waals surface area contributed by atoms with E-state index >= 15 is 0 Å². The lowest BCUT2D eigenvalue weighted by molar-refractivity contribution is 0.0267. The van der Waals surface area contributed by atoms with Gasteiger partial charge < -0.3 is 15.6 Å². The molecule has 0 aliphatic carbocycles. The van der Waals surface area contributed by atoms with E-state index in [4.69, 9.17) is 10.5 Å². The molecule has 2 rings (SSSR count). The molecular weight excluding hydrogens is 245 g/mol. The second-order valence-electron chi connectivity index (χ2n) is 4.29. The Balaban J connectivity index is 1.86. The third-order valence-corrected chi connectivity index (χ3v) is 2.81. The number of nitrogen functional groups attached to an aromatic ring is 1. The first kappa shape index (κ1) is 13.5. The highest BCUT2D eigenvalue weighted by molar-refractivity contribution is 5.39. The van der Waals surface area contributed by atoms with Crippen molar-refractivity contribution in [3.63, 3.8) is 0 Å². The fourth-order valence-electron chi connectivity index (χ4n) is 1.71. The summed E-state index contributed by atoms with van der Waals surface area (Å²) in [6.07, 6.45) is -0.743. The number of hydrogen-bond donors (Lipinski definition) is 2. The monoisotopic (exact) mass is 261 g/mol. The molecule has 0 heterocycles. The van der Waals surface area contributed by atoms with Gasteiger partial charge in [0, 0.05) is 11.3 Å². The Morgan fingerprint density at radius 2 is 1.79 bits per heavy atom. The van der Waals surface area contributed by atoms with Gasteiger partial charge in [-0.1, -0.05) is 30.3 Å². The maximum atomic E-state index is 13.3. The second-order valence-corrected chi connectivity index (χ2v) is 4.29. The van der Waals surface area contributed by atoms with Gasteiger partial charge in [-0.25, -0.2) is 4.39 Å². The minimum absolute atomic E-state index is 0.109. The number of hydrogen-bond acceptors (Lipinski definition) is 3. The maximum absolute atomic E-state index is 13.3. The first-order valence-electron chi connectivity index (χ1n) is 6.01. The van der Waals surface area contributed by atoms with E-state index in [1.807, 2.05) is 0 Å². The molecule has 0 saturated carbocycles. The van der Waals surface area contributed by atoms with Crippen molar-refractivity contribution >= 4 is 5.69 Å². The van der Waals surface area contributed by atoms with Gasteiger partial charge in [-0.2, -0.15) is 0 Å². The zero-order valence-electron chi connectivity index (χ0n) is 10.4. The van der Waals surface area contributed by atoms with Crippen molar-refractivity contribution in [1.29, 1.82) is 0 Å². The van der Waals surface area contributed by atoms with Crippen LogP contribution >= 0.6 is 0 Å². The van der Waals surface area contributed by atoms with Crippen molar-refractivity contribution in [2.24, 2.45) is 0 Å². The van der Waals surface area contributed by atoms with Crippen molar-refractivity contribution in [2.45, 2.75) is 12.7 Å². The first-order chi connectivity index (χ1) is 9.16. The van der Waals surface area contributed by atoms with E-state index in [1.54, 1.807) is 42.5 Å². The largest absolute Gasteiger partial charge is 0.399 e. The summed E-state index contributed by atoms with van der Waals surface area (Å²) < 4.78 is 18.7. The number of halogens is 1. The van der Waals surface area contributed by atoms with Gasteiger partial charge in [0.1, 0.15) is 11.9 Å². The number of nitrogens with two attached hydrogens (primary N) is 1. The van der Waals surface area contributed by atoms with Gasteiger partial charge >= 0.3 is 0 Å². The quantitative estimate of drug-likeness (QED) is 0.813. The molecule has 3 nitrogen and oxygen atoms in total. The van der Waals surface area contributed by atoms with Crippen LogP contribution in [0.3, 0.4) is 0 Å². The molecule has 0 aromatic heterocycles. The van der Waals surface area contributed by atoms with Crippen molar-refractivity contribution in [2.75, 3.05) is 12.3 Å². The number of aliphatic hydroxyl groups excluding tert-OH is 1. The van der Waals surface area contributed by atoms with Gasteiger partial charge in [-0.15, -0.1) is 0 Å². The van der Waals surface area contributed by atoms with Gasteiger partial charge in [0.25, 0.3) is 0 Å². The molecule has 0 fully saturated rings. The van der Waals surface area contributed by atoms with E-state index in [0.717, 1.165) is 5.56 Å². The molecule has 2 aromatic carbocycles. The average Bonchev–Trinajstić information content (AvgIpc) is 2.41. The standard InChI is InChI=1S/C15H16FNO2/c16-14-4-2-1-3-12(14)9-19-10-15(18)11-5-7-13(17)8-6-11/h1-8,15,18H,9-10,17H2. The Morgan fingerprint density at radius 3 is 2.47 bits per heavy atom. The van der Waals surface area contributed by atoms with Crippen LogP contribution in [0.5, 0.6) is 0 Å². The SMILES string of the molecule is Nc1ccc(C(O)COCc2ccccc2F)cc1. The summed E-state index contributed by atoms with van der Waals surface area (Å²) in [5.41, 5.74) is 7.41. The lowest BCUT2D eigenvalue weighted by Gasteiger charge is -2.12. The van der Waals surface area contributed by atoms with Crippen LogP contribution in [-0.4, -0.2) is 11.7 Å². The molecule has 0 spiro atoms. The van der Waals surface area contributed by atoms with Crippen LogP contribution in [-0.2, 0) is 11.3 Å². The number of ether oxygens (including phenoxy) is 1. The summed E-state index contributed by atoms with van der Waals surface area (Å²) in [4.78, 5) is 0. The topological polar surface area (TPSA) is 55.5 Å². The summed E-state index contributed by atoms with van der Waals surface area (Å²) in [5.74, 6) is -0.301. The fraction of sp³-hybridized carbons (Fsp3) is 0.200. The minimum atomic E-state index is -0.743. The van der Waals surface area contributed by atoms with Crippen LogP contribution in [0.1, 0.15) is 17.2 Å². The number of anilines is 1. The van der Waals surface area contributed by atoms with Gasteiger partial charge in [0.05, 0.1) is 13.2 Å². The van der Waals surface area contributed by atoms with E-state index in [2.05, 4.69) is 0 Å². The Kier molecular flexibility index (Phi) is 4.49. The first-order valence-corrected chi connectivity index (χ1v) is 6.01. The number of rotatable bonds is 5. The highest BCUT2D eigenvalue weighted by atomic mass is 19.1. The van der Waals surface area contributed by atoms with Crippen LogP contribution in [0.4, 0.5) is 10.1 Å². The molecule has 100 valence electrons. The Bertz CT molecular complexity index is 528. The second kappa shape index (κ2) is 6.31. The average molecular weight is 261 g/mol. The molecule has 2 aromatic rings. The fourth-order valence-corrected chi connectivity index (χ4v) is 1.71. The number of aliphatic hydroxyl groups is 1. The van der Waals surface area contributed by atoms with E-state index in [9.17, 15) is 9.50 Å². The summed E-state index contributed by atoms with van der Waals surface area (Å²) in [5, 5.41) is 9.90. The Morgan fingerprint density at radius 1 is 1.11 bits per heavy atom. The van der Waals surface area contributed by atoms with Crippen LogP contribution in [0.15, 0.2) is 48.5 Å². The minimum Gasteiger partial charge on any atom is -0.399 e. The van der Waals surface area contributed by atoms with Crippen molar-refractivity contribution in [3.8, 4) is 0 Å². The molecule has 19 heavy (non-hydrogen) atoms. The van der Waals surface area contributed by atoms with Crippen molar-refractivity contribution in [1.82, 2.24) is 0 Å². The smallest absolute Gasteiger partial charge is 0.128 e. The summed E-state index contributed by atoms with van der Waals surface area (Å²) in [7, 11) is 0. The summed E-state index contributed by atoms with van der Waals surface area (Å²) in [6.45, 7) is 0.247. The summed E-state index contributed by atoms with van der Waals surface area (Å²) >= 11 is 0. The zero-order valence-corrected chi connectivity index (χ0v) is 10.4. The summed E-state index contributed by atoms with van der Waals surface area (Å²) in [6, 6.07) is 13.3. The zero-order chi connectivity index (χ0) is 13.7. The predicted octanol–water partition coefficient (Wildman–Crippen LogP) is 2.66. The van der Waals surface area contributed by atoms with Crippen LogP contribution in [0.25, 0.3) is 0 Å². The molecule has 0 saturated heterocycles. The highest BCUT2D eigenvalue weighted by Crippen LogP contribution is 2.16. The van der Waals surface area contributed by atoms with E-state index < -0.39 is 6.10 Å². The third kappa shape index (κ3) is 3.77. The molecule has 1 unspecified atom stereocenters. The normalized spacial score (nSPS) is 12.3. The van der Waals surface area contributed by atoms with Gasteiger partial charge in [-0.05, 0) is 23.8 Å². The molecule has 0 aliphatic heterocycles. The van der Waals surface area contributed by atoms with E-state index in [-0.39, 0.29) is 19.0 Å². The number of benzene rings is 2. The van der Waals surface area contributed by atoms with Gasteiger partial charge in [-0.3, -0.25) is 0 Å². The molecule has 0 radical (unpaired) electrons. The van der Waals surface area contributed by atoms with Gasteiger partial charge in [0.15, 0.2) is 0 Å². The van der Waals surface area contributed by atoms with E-state index in [0.29, 0.717) is 11.3 Å². The predicted molar refractivity (Wildman–Crippen MR) is 71.9 cm³/mol. The third-order valence-electron chi connectivity index (χ3n) is 2.81. The van der Waals surface area contributed by atoms with E-state index in [1.165, 1.54) is 6.07 Å². The maximum Gasteiger partial charge on any atom is 0.128 e. The molecule has 3 N–H and O–H groups in total.